The molecule has 0 radical (unpaired) electrons. The van der Waals surface area contributed by atoms with Gasteiger partial charge in [0, 0.05) is 32.1 Å². The molecule has 0 atom stereocenters. The topological polar surface area (TPSA) is 77.3 Å². The van der Waals surface area contributed by atoms with Gasteiger partial charge in [-0.1, -0.05) is 18.7 Å². The highest BCUT2D eigenvalue weighted by Crippen LogP contribution is 2.29. The van der Waals surface area contributed by atoms with Crippen molar-refractivity contribution in [1.29, 1.82) is 0 Å². The molecule has 1 aromatic heterocycles. The molecular formula is C12H19N3O3S. The van der Waals surface area contributed by atoms with Crippen molar-refractivity contribution in [2.24, 2.45) is 0 Å². The number of rotatable bonds is 9. The predicted octanol–water partition coefficient (Wildman–Crippen LogP) is 2.94. The van der Waals surface area contributed by atoms with Gasteiger partial charge in [-0.05, 0) is 18.9 Å². The fourth-order valence-electron chi connectivity index (χ4n) is 1.40. The summed E-state index contributed by atoms with van der Waals surface area (Å²) in [5.41, 5.74) is 0.0597. The fourth-order valence-corrected chi connectivity index (χ4v) is 2.31. The van der Waals surface area contributed by atoms with E-state index in [0.29, 0.717) is 17.5 Å². The number of nitrogens with one attached hydrogen (secondary N) is 1. The van der Waals surface area contributed by atoms with E-state index < -0.39 is 4.92 Å². The first kappa shape index (κ1) is 15.7. The second-order valence-electron chi connectivity index (χ2n) is 3.90. The molecule has 1 heterocycles. The van der Waals surface area contributed by atoms with Crippen molar-refractivity contribution in [2.75, 3.05) is 31.3 Å². The van der Waals surface area contributed by atoms with E-state index in [1.807, 2.05) is 0 Å². The predicted molar refractivity (Wildman–Crippen MR) is 76.9 cm³/mol. The van der Waals surface area contributed by atoms with Crippen molar-refractivity contribution in [1.82, 2.24) is 4.98 Å². The van der Waals surface area contributed by atoms with Crippen molar-refractivity contribution in [2.45, 2.75) is 24.8 Å². The second-order valence-corrected chi connectivity index (χ2v) is 4.98. The van der Waals surface area contributed by atoms with Crippen LogP contribution in [0, 0.1) is 10.1 Å². The summed E-state index contributed by atoms with van der Waals surface area (Å²) >= 11 is 1.39. The van der Waals surface area contributed by atoms with Gasteiger partial charge in [0.15, 0.2) is 5.03 Å². The zero-order chi connectivity index (χ0) is 14.1. The molecule has 1 rings (SSSR count). The zero-order valence-electron chi connectivity index (χ0n) is 11.2. The third-order valence-corrected chi connectivity index (χ3v) is 3.39. The molecule has 106 valence electrons. The van der Waals surface area contributed by atoms with Crippen LogP contribution in [0.3, 0.4) is 0 Å². The molecule has 0 saturated heterocycles. The van der Waals surface area contributed by atoms with E-state index in [1.54, 1.807) is 13.2 Å². The van der Waals surface area contributed by atoms with Gasteiger partial charge < -0.3 is 10.1 Å². The van der Waals surface area contributed by atoms with Crippen molar-refractivity contribution in [3.8, 4) is 0 Å². The number of hydrogen-bond acceptors (Lipinski definition) is 6. The average molecular weight is 285 g/mol. The molecular weight excluding hydrogens is 266 g/mol. The van der Waals surface area contributed by atoms with Crippen LogP contribution in [0.5, 0.6) is 0 Å². The number of hydrogen-bond donors (Lipinski definition) is 1. The Hall–Kier alpha value is -1.34. The maximum absolute atomic E-state index is 10.9. The van der Waals surface area contributed by atoms with Crippen LogP contribution < -0.4 is 5.32 Å². The largest absolute Gasteiger partial charge is 0.385 e. The molecule has 6 nitrogen and oxygen atoms in total. The van der Waals surface area contributed by atoms with Crippen LogP contribution >= 0.6 is 11.8 Å². The summed E-state index contributed by atoms with van der Waals surface area (Å²) in [6.45, 7) is 3.51. The molecule has 0 bridgehead atoms. The SMILES string of the molecule is CCCNc1ccc([N+](=O)[O-])c(SCCCOC)n1. The maximum atomic E-state index is 10.9. The average Bonchev–Trinajstić information content (AvgIpc) is 2.41. The van der Waals surface area contributed by atoms with Gasteiger partial charge in [0.1, 0.15) is 5.82 Å². The fraction of sp³-hybridized carbons (Fsp3) is 0.583. The Morgan fingerprint density at radius 3 is 2.95 bits per heavy atom. The first-order chi connectivity index (χ1) is 9.19. The molecule has 0 aliphatic heterocycles. The number of ether oxygens (including phenoxy) is 1. The highest BCUT2D eigenvalue weighted by atomic mass is 32.2. The molecule has 0 aliphatic carbocycles. The lowest BCUT2D eigenvalue weighted by Gasteiger charge is -2.07. The highest BCUT2D eigenvalue weighted by Gasteiger charge is 2.16. The Morgan fingerprint density at radius 2 is 2.32 bits per heavy atom. The van der Waals surface area contributed by atoms with E-state index in [-0.39, 0.29) is 5.69 Å². The van der Waals surface area contributed by atoms with Crippen molar-refractivity contribution in [3.63, 3.8) is 0 Å². The first-order valence-electron chi connectivity index (χ1n) is 6.20. The van der Waals surface area contributed by atoms with Gasteiger partial charge in [-0.2, -0.15) is 0 Å². The third-order valence-electron chi connectivity index (χ3n) is 2.32. The van der Waals surface area contributed by atoms with Gasteiger partial charge in [-0.25, -0.2) is 4.98 Å². The van der Waals surface area contributed by atoms with Gasteiger partial charge >= 0.3 is 5.69 Å². The zero-order valence-corrected chi connectivity index (χ0v) is 12.0. The summed E-state index contributed by atoms with van der Waals surface area (Å²) in [6.07, 6.45) is 1.82. The minimum absolute atomic E-state index is 0.0597. The van der Waals surface area contributed by atoms with E-state index in [1.165, 1.54) is 17.8 Å². The standard InChI is InChI=1S/C12H19N3O3S/c1-3-7-13-11-6-5-10(15(16)17)12(14-11)19-9-4-8-18-2/h5-6H,3-4,7-9H2,1-2H3,(H,13,14). The summed E-state index contributed by atoms with van der Waals surface area (Å²) in [6, 6.07) is 3.15. The number of methoxy groups -OCH3 is 1. The van der Waals surface area contributed by atoms with Gasteiger partial charge in [0.25, 0.3) is 0 Å². The summed E-state index contributed by atoms with van der Waals surface area (Å²) < 4.78 is 4.95. The number of nitro groups is 1. The van der Waals surface area contributed by atoms with E-state index in [0.717, 1.165) is 25.1 Å². The Morgan fingerprint density at radius 1 is 1.53 bits per heavy atom. The summed E-state index contributed by atoms with van der Waals surface area (Å²) in [7, 11) is 1.64. The number of thioether (sulfide) groups is 1. The minimum Gasteiger partial charge on any atom is -0.385 e. The Labute approximate surface area is 117 Å². The second kappa shape index (κ2) is 8.71. The highest BCUT2D eigenvalue weighted by molar-refractivity contribution is 7.99. The van der Waals surface area contributed by atoms with Crippen LogP contribution in [0.1, 0.15) is 19.8 Å². The summed E-state index contributed by atoms with van der Waals surface area (Å²) in [5, 5.41) is 14.5. The molecule has 0 amide bonds. The molecule has 0 spiro atoms. The molecule has 7 heteroatoms. The lowest BCUT2D eigenvalue weighted by atomic mass is 10.4. The Balaban J connectivity index is 2.74. The molecule has 1 aromatic rings. The van der Waals surface area contributed by atoms with Crippen LogP contribution in [0.15, 0.2) is 17.2 Å². The van der Waals surface area contributed by atoms with Crippen molar-refractivity contribution >= 4 is 23.3 Å². The number of nitrogens with zero attached hydrogens (tertiary/aromatic N) is 2. The van der Waals surface area contributed by atoms with Crippen LogP contribution in [0.4, 0.5) is 11.5 Å². The molecule has 0 aliphatic rings. The normalized spacial score (nSPS) is 10.4. The molecule has 0 unspecified atom stereocenters. The number of anilines is 1. The lowest BCUT2D eigenvalue weighted by Crippen LogP contribution is -2.04. The monoisotopic (exact) mass is 285 g/mol. The molecule has 0 saturated carbocycles. The summed E-state index contributed by atoms with van der Waals surface area (Å²) in [5.74, 6) is 1.43. The first-order valence-corrected chi connectivity index (χ1v) is 7.18. The number of pyridine rings is 1. The van der Waals surface area contributed by atoms with Gasteiger partial charge in [-0.3, -0.25) is 10.1 Å². The van der Waals surface area contributed by atoms with Crippen LogP contribution in [-0.4, -0.2) is 35.9 Å². The van der Waals surface area contributed by atoms with E-state index in [4.69, 9.17) is 4.74 Å². The van der Waals surface area contributed by atoms with Gasteiger partial charge in [0.05, 0.1) is 4.92 Å². The van der Waals surface area contributed by atoms with Crippen LogP contribution in [0.2, 0.25) is 0 Å². The molecule has 0 aromatic carbocycles. The minimum atomic E-state index is -0.394. The van der Waals surface area contributed by atoms with Crippen LogP contribution in [-0.2, 0) is 4.74 Å². The molecule has 19 heavy (non-hydrogen) atoms. The lowest BCUT2D eigenvalue weighted by molar-refractivity contribution is -0.388. The third kappa shape index (κ3) is 5.44. The van der Waals surface area contributed by atoms with Crippen molar-refractivity contribution < 1.29 is 9.66 Å². The van der Waals surface area contributed by atoms with E-state index >= 15 is 0 Å². The van der Waals surface area contributed by atoms with Gasteiger partial charge in [0.2, 0.25) is 0 Å². The van der Waals surface area contributed by atoms with E-state index in [9.17, 15) is 10.1 Å². The molecule has 0 fully saturated rings. The Kier molecular flexibility index (Phi) is 7.20. The quantitative estimate of drug-likeness (QED) is 0.325. The number of aromatic nitrogens is 1. The maximum Gasteiger partial charge on any atom is 0.301 e. The Bertz CT molecular complexity index is 415. The summed E-state index contributed by atoms with van der Waals surface area (Å²) in [4.78, 5) is 14.8. The smallest absolute Gasteiger partial charge is 0.301 e. The van der Waals surface area contributed by atoms with Crippen LogP contribution in [0.25, 0.3) is 0 Å². The molecule has 1 N–H and O–H groups in total. The van der Waals surface area contributed by atoms with Crippen molar-refractivity contribution in [3.05, 3.63) is 22.2 Å². The van der Waals surface area contributed by atoms with Gasteiger partial charge in [-0.15, -0.1) is 0 Å². The van der Waals surface area contributed by atoms with E-state index in [2.05, 4.69) is 17.2 Å².